The Morgan fingerprint density at radius 2 is 2.00 bits per heavy atom. The lowest BCUT2D eigenvalue weighted by atomic mass is 9.93. The Labute approximate surface area is 133 Å². The molecule has 22 heavy (non-hydrogen) atoms. The summed E-state index contributed by atoms with van der Waals surface area (Å²) in [6, 6.07) is 7.54. The predicted molar refractivity (Wildman–Crippen MR) is 88.2 cm³/mol. The largest absolute Gasteiger partial charge is 0.494 e. The van der Waals surface area contributed by atoms with Crippen molar-refractivity contribution in [2.45, 2.75) is 39.7 Å². The number of benzene rings is 1. The lowest BCUT2D eigenvalue weighted by Crippen LogP contribution is -2.47. The SMILES string of the molecule is CCOc1ccccc1CCNC(=O)NCC(C)(O)C(C)C. The minimum absolute atomic E-state index is 0.0749. The first-order valence-corrected chi connectivity index (χ1v) is 7.81. The third-order valence-electron chi connectivity index (χ3n) is 3.80. The summed E-state index contributed by atoms with van der Waals surface area (Å²) in [5, 5.41) is 15.6. The highest BCUT2D eigenvalue weighted by Crippen LogP contribution is 2.18. The molecular formula is C17H28N2O3. The van der Waals surface area contributed by atoms with E-state index in [0.717, 1.165) is 11.3 Å². The van der Waals surface area contributed by atoms with Gasteiger partial charge in [0, 0.05) is 13.1 Å². The number of urea groups is 1. The molecule has 3 N–H and O–H groups in total. The van der Waals surface area contributed by atoms with E-state index < -0.39 is 5.60 Å². The Hall–Kier alpha value is -1.75. The first-order valence-electron chi connectivity index (χ1n) is 7.81. The molecule has 1 aromatic rings. The maximum Gasteiger partial charge on any atom is 0.314 e. The van der Waals surface area contributed by atoms with Crippen LogP contribution < -0.4 is 15.4 Å². The second-order valence-electron chi connectivity index (χ2n) is 5.91. The van der Waals surface area contributed by atoms with Crippen molar-refractivity contribution < 1.29 is 14.6 Å². The molecule has 1 rings (SSSR count). The van der Waals surface area contributed by atoms with Crippen LogP contribution in [0.5, 0.6) is 5.75 Å². The number of hydrogen-bond acceptors (Lipinski definition) is 3. The van der Waals surface area contributed by atoms with E-state index in [1.807, 2.05) is 45.0 Å². The van der Waals surface area contributed by atoms with Crippen LogP contribution in [0, 0.1) is 5.92 Å². The van der Waals surface area contributed by atoms with Crippen molar-refractivity contribution >= 4 is 6.03 Å². The quantitative estimate of drug-likeness (QED) is 0.690. The minimum atomic E-state index is -0.904. The second-order valence-corrected chi connectivity index (χ2v) is 5.91. The van der Waals surface area contributed by atoms with Crippen molar-refractivity contribution in [2.24, 2.45) is 5.92 Å². The summed E-state index contributed by atoms with van der Waals surface area (Å²) in [5.41, 5.74) is 0.164. The van der Waals surface area contributed by atoms with Crippen molar-refractivity contribution in [3.8, 4) is 5.75 Å². The first kappa shape index (κ1) is 18.3. The molecule has 0 fully saturated rings. The van der Waals surface area contributed by atoms with Gasteiger partial charge in [-0.1, -0.05) is 32.0 Å². The molecule has 0 aliphatic heterocycles. The molecule has 1 unspecified atom stereocenters. The number of hydrogen-bond donors (Lipinski definition) is 3. The van der Waals surface area contributed by atoms with E-state index in [2.05, 4.69) is 10.6 Å². The lowest BCUT2D eigenvalue weighted by Gasteiger charge is -2.27. The Kier molecular flexibility index (Phi) is 7.18. The molecule has 0 aromatic heterocycles. The predicted octanol–water partition coefficient (Wildman–Crippen LogP) is 2.33. The zero-order valence-corrected chi connectivity index (χ0v) is 14.0. The summed E-state index contributed by atoms with van der Waals surface area (Å²) in [4.78, 5) is 11.7. The number of carbonyl (C=O) groups excluding carboxylic acids is 1. The fraction of sp³-hybridized carbons (Fsp3) is 0.588. The van der Waals surface area contributed by atoms with E-state index in [4.69, 9.17) is 4.74 Å². The summed E-state index contributed by atoms with van der Waals surface area (Å²) >= 11 is 0. The smallest absolute Gasteiger partial charge is 0.314 e. The normalized spacial score (nSPS) is 13.5. The molecule has 0 aliphatic carbocycles. The average molecular weight is 308 g/mol. The molecule has 124 valence electrons. The Morgan fingerprint density at radius 3 is 2.64 bits per heavy atom. The van der Waals surface area contributed by atoms with Gasteiger partial charge in [0.05, 0.1) is 12.2 Å². The number of aliphatic hydroxyl groups is 1. The summed E-state index contributed by atoms with van der Waals surface area (Å²) in [6.45, 7) is 8.87. The van der Waals surface area contributed by atoms with Crippen LogP contribution in [-0.2, 0) is 6.42 Å². The molecule has 5 heteroatoms. The maximum absolute atomic E-state index is 11.7. The molecule has 0 aliphatic rings. The average Bonchev–Trinajstić information content (AvgIpc) is 2.47. The molecule has 2 amide bonds. The number of para-hydroxylation sites is 1. The second kappa shape index (κ2) is 8.63. The van der Waals surface area contributed by atoms with Crippen LogP contribution in [0.25, 0.3) is 0 Å². The molecule has 0 spiro atoms. The summed E-state index contributed by atoms with van der Waals surface area (Å²) in [5.74, 6) is 0.931. The number of amides is 2. The van der Waals surface area contributed by atoms with E-state index in [9.17, 15) is 9.90 Å². The zero-order chi connectivity index (χ0) is 16.6. The van der Waals surface area contributed by atoms with Gasteiger partial charge in [0.15, 0.2) is 0 Å². The van der Waals surface area contributed by atoms with Gasteiger partial charge in [-0.25, -0.2) is 4.79 Å². The van der Waals surface area contributed by atoms with E-state index in [1.165, 1.54) is 0 Å². The van der Waals surface area contributed by atoms with Crippen molar-refractivity contribution in [1.29, 1.82) is 0 Å². The zero-order valence-electron chi connectivity index (χ0n) is 14.0. The van der Waals surface area contributed by atoms with Gasteiger partial charge in [0.25, 0.3) is 0 Å². The van der Waals surface area contributed by atoms with Gasteiger partial charge in [-0.05, 0) is 37.8 Å². The molecular weight excluding hydrogens is 280 g/mol. The number of nitrogens with one attached hydrogen (secondary N) is 2. The van der Waals surface area contributed by atoms with Gasteiger partial charge in [-0.2, -0.15) is 0 Å². The van der Waals surface area contributed by atoms with Crippen LogP contribution in [0.1, 0.15) is 33.3 Å². The van der Waals surface area contributed by atoms with Gasteiger partial charge in [-0.3, -0.25) is 0 Å². The summed E-state index contributed by atoms with van der Waals surface area (Å²) < 4.78 is 5.55. The monoisotopic (exact) mass is 308 g/mol. The highest BCUT2D eigenvalue weighted by atomic mass is 16.5. The number of carbonyl (C=O) groups is 1. The van der Waals surface area contributed by atoms with E-state index in [1.54, 1.807) is 6.92 Å². The van der Waals surface area contributed by atoms with E-state index in [0.29, 0.717) is 19.6 Å². The van der Waals surface area contributed by atoms with Crippen molar-refractivity contribution in [3.63, 3.8) is 0 Å². The van der Waals surface area contributed by atoms with E-state index >= 15 is 0 Å². The third-order valence-corrected chi connectivity index (χ3v) is 3.80. The Bertz CT molecular complexity index is 473. The van der Waals surface area contributed by atoms with Crippen LogP contribution in [0.4, 0.5) is 4.79 Å². The van der Waals surface area contributed by atoms with Gasteiger partial charge in [-0.15, -0.1) is 0 Å². The molecule has 0 heterocycles. The number of rotatable bonds is 8. The fourth-order valence-corrected chi connectivity index (χ4v) is 1.84. The van der Waals surface area contributed by atoms with Gasteiger partial charge >= 0.3 is 6.03 Å². The summed E-state index contributed by atoms with van der Waals surface area (Å²) in [7, 11) is 0. The molecule has 0 saturated carbocycles. The van der Waals surface area contributed by atoms with Crippen molar-refractivity contribution in [1.82, 2.24) is 10.6 Å². The summed E-state index contributed by atoms with van der Waals surface area (Å²) in [6.07, 6.45) is 0.699. The molecule has 5 nitrogen and oxygen atoms in total. The van der Waals surface area contributed by atoms with Crippen molar-refractivity contribution in [3.05, 3.63) is 29.8 Å². The standard InChI is InChI=1S/C17H28N2O3/c1-5-22-15-9-7-6-8-14(15)10-11-18-16(20)19-12-17(4,21)13(2)3/h6-9,13,21H,5,10-12H2,1-4H3,(H2,18,19,20). The first-order chi connectivity index (χ1) is 10.4. The van der Waals surface area contributed by atoms with Crippen molar-refractivity contribution in [2.75, 3.05) is 19.7 Å². The van der Waals surface area contributed by atoms with Crippen LogP contribution in [-0.4, -0.2) is 36.4 Å². The Balaban J connectivity index is 2.37. The maximum atomic E-state index is 11.7. The third kappa shape index (κ3) is 5.93. The molecule has 0 bridgehead atoms. The molecule has 1 atom stereocenters. The Morgan fingerprint density at radius 1 is 1.32 bits per heavy atom. The fourth-order valence-electron chi connectivity index (χ4n) is 1.84. The molecule has 1 aromatic carbocycles. The minimum Gasteiger partial charge on any atom is -0.494 e. The van der Waals surface area contributed by atoms with Crippen LogP contribution in [0.2, 0.25) is 0 Å². The highest BCUT2D eigenvalue weighted by Gasteiger charge is 2.25. The number of ether oxygens (including phenoxy) is 1. The molecule has 0 saturated heterocycles. The topological polar surface area (TPSA) is 70.6 Å². The van der Waals surface area contributed by atoms with Gasteiger partial charge in [0.1, 0.15) is 5.75 Å². The highest BCUT2D eigenvalue weighted by molar-refractivity contribution is 5.73. The molecule has 0 radical (unpaired) electrons. The lowest BCUT2D eigenvalue weighted by molar-refractivity contribution is 0.0166. The van der Waals surface area contributed by atoms with Gasteiger partial charge in [0.2, 0.25) is 0 Å². The van der Waals surface area contributed by atoms with E-state index in [-0.39, 0.29) is 18.5 Å². The van der Waals surface area contributed by atoms with Crippen LogP contribution in [0.3, 0.4) is 0 Å². The van der Waals surface area contributed by atoms with Crippen LogP contribution in [0.15, 0.2) is 24.3 Å². The van der Waals surface area contributed by atoms with Gasteiger partial charge < -0.3 is 20.5 Å². The van der Waals surface area contributed by atoms with Crippen LogP contribution >= 0.6 is 0 Å².